The van der Waals surface area contributed by atoms with Gasteiger partial charge in [-0.05, 0) is 48.9 Å². The molecule has 1 aromatic heterocycles. The van der Waals surface area contributed by atoms with Gasteiger partial charge < -0.3 is 35.6 Å². The second-order valence-corrected chi connectivity index (χ2v) is 12.6. The second kappa shape index (κ2) is 16.6. The molecule has 0 aliphatic carbocycles. The van der Waals surface area contributed by atoms with Crippen LogP contribution in [0.15, 0.2) is 79.0 Å². The Bertz CT molecular complexity index is 2100. The van der Waals surface area contributed by atoms with Crippen LogP contribution < -0.4 is 16.0 Å². The van der Waals surface area contributed by atoms with E-state index in [2.05, 4.69) is 39.0 Å². The lowest BCUT2D eigenvalue weighted by Crippen LogP contribution is -2.58. The molecule has 0 unspecified atom stereocenters. The number of aromatic nitrogens is 2. The van der Waals surface area contributed by atoms with Crippen LogP contribution in [-0.2, 0) is 25.7 Å². The van der Waals surface area contributed by atoms with Gasteiger partial charge in [-0.15, -0.1) is 0 Å². The van der Waals surface area contributed by atoms with Crippen LogP contribution in [0.2, 0.25) is 0 Å². The topological polar surface area (TPSA) is 182 Å². The first kappa shape index (κ1) is 36.2. The predicted molar refractivity (Wildman–Crippen MR) is 194 cm³/mol. The van der Waals surface area contributed by atoms with Crippen molar-refractivity contribution in [1.29, 1.82) is 5.26 Å². The van der Waals surface area contributed by atoms with Crippen molar-refractivity contribution in [2.75, 3.05) is 44.7 Å². The number of hydrogen-bond donors (Lipinski definition) is 4. The van der Waals surface area contributed by atoms with Crippen LogP contribution in [0, 0.1) is 30.1 Å². The Morgan fingerprint density at radius 2 is 1.87 bits per heavy atom. The number of carbonyl (C=O) groups is 4. The van der Waals surface area contributed by atoms with E-state index < -0.39 is 29.9 Å². The number of aryl methyl sites for hydroxylation is 2. The fourth-order valence-corrected chi connectivity index (χ4v) is 6.04. The summed E-state index contributed by atoms with van der Waals surface area (Å²) in [4.78, 5) is 55.6. The molecule has 6 rings (SSSR count). The van der Waals surface area contributed by atoms with E-state index in [4.69, 9.17) is 10.00 Å². The van der Waals surface area contributed by atoms with Crippen molar-refractivity contribution in [2.45, 2.75) is 32.0 Å². The molecule has 4 aromatic rings. The van der Waals surface area contributed by atoms with Gasteiger partial charge >= 0.3 is 6.03 Å². The van der Waals surface area contributed by atoms with Crippen LogP contribution in [0.3, 0.4) is 0 Å². The van der Waals surface area contributed by atoms with Gasteiger partial charge in [-0.3, -0.25) is 19.1 Å². The summed E-state index contributed by atoms with van der Waals surface area (Å²) in [5.41, 5.74) is 4.22. The third-order valence-electron chi connectivity index (χ3n) is 8.80. The minimum absolute atomic E-state index is 0.0379. The lowest BCUT2D eigenvalue weighted by Gasteiger charge is -2.37. The van der Waals surface area contributed by atoms with Gasteiger partial charge in [0, 0.05) is 42.6 Å². The van der Waals surface area contributed by atoms with Crippen molar-refractivity contribution in [1.82, 2.24) is 30.2 Å². The maximum Gasteiger partial charge on any atom is 0.318 e. The van der Waals surface area contributed by atoms with E-state index in [-0.39, 0.29) is 44.4 Å². The number of amides is 5. The number of nitrogens with one attached hydrogen (secondary N) is 3. The molecule has 2 aliphatic rings. The van der Waals surface area contributed by atoms with E-state index in [1.165, 1.54) is 9.80 Å². The van der Waals surface area contributed by atoms with Crippen LogP contribution in [0.1, 0.15) is 34.7 Å². The van der Waals surface area contributed by atoms with E-state index in [0.29, 0.717) is 53.3 Å². The fraction of sp³-hybridized carbons (Fsp3) is 0.282. The normalized spacial score (nSPS) is 16.0. The second-order valence-electron chi connectivity index (χ2n) is 12.6. The van der Waals surface area contributed by atoms with Crippen molar-refractivity contribution in [3.63, 3.8) is 0 Å². The third-order valence-corrected chi connectivity index (χ3v) is 8.80. The zero-order chi connectivity index (χ0) is 37.3. The number of anilines is 1. The minimum Gasteiger partial charge on any atom is -0.507 e. The molecule has 14 nitrogen and oxygen atoms in total. The van der Waals surface area contributed by atoms with Crippen molar-refractivity contribution < 1.29 is 29.0 Å². The van der Waals surface area contributed by atoms with E-state index >= 15 is 0 Å². The fourth-order valence-electron chi connectivity index (χ4n) is 6.04. The number of morpholine rings is 1. The molecule has 53 heavy (non-hydrogen) atoms. The summed E-state index contributed by atoms with van der Waals surface area (Å²) in [7, 11) is 0. The smallest absolute Gasteiger partial charge is 0.318 e. The molecular formula is C39H38N8O6. The number of hydrogen-bond acceptors (Lipinski definition) is 8. The Hall–Kier alpha value is -6.64. The number of piperazine rings is 1. The number of rotatable bonds is 8. The summed E-state index contributed by atoms with van der Waals surface area (Å²) in [6.45, 7) is 3.09. The van der Waals surface area contributed by atoms with Gasteiger partial charge in [0.25, 0.3) is 5.91 Å². The highest BCUT2D eigenvalue weighted by molar-refractivity contribution is 5.99. The first-order chi connectivity index (χ1) is 25.7. The van der Waals surface area contributed by atoms with Gasteiger partial charge in [0.2, 0.25) is 11.8 Å². The minimum atomic E-state index is -1.10. The molecule has 2 atom stereocenters. The van der Waals surface area contributed by atoms with Crippen LogP contribution in [-0.4, -0.2) is 93.9 Å². The number of nitriles is 1. The van der Waals surface area contributed by atoms with Crippen LogP contribution in [0.5, 0.6) is 5.75 Å². The number of aromatic hydroxyl groups is 1. The molecule has 0 saturated carbocycles. The average molecular weight is 715 g/mol. The third kappa shape index (κ3) is 8.81. The summed E-state index contributed by atoms with van der Waals surface area (Å²) in [6, 6.07) is 20.3. The molecule has 2 aliphatic heterocycles. The highest BCUT2D eigenvalue weighted by Gasteiger charge is 2.38. The summed E-state index contributed by atoms with van der Waals surface area (Å²) >= 11 is 0. The SMILES string of the molecule is Cc1ccc(O)c(-c2nn(CCC#N)cc2C#Cc2ccc(NC(=O)[C@@H]3COCCN3C(=O)[C@H](NC(=O)N3CCNC(=O)C3)c3ccccc3)cc2)c1. The Morgan fingerprint density at radius 1 is 1.08 bits per heavy atom. The maximum absolute atomic E-state index is 14.1. The Kier molecular flexibility index (Phi) is 11.3. The summed E-state index contributed by atoms with van der Waals surface area (Å²) in [6.07, 6.45) is 2.01. The first-order valence-corrected chi connectivity index (χ1v) is 17.1. The van der Waals surface area contributed by atoms with Gasteiger partial charge in [-0.1, -0.05) is 53.8 Å². The van der Waals surface area contributed by atoms with E-state index in [1.54, 1.807) is 77.6 Å². The highest BCUT2D eigenvalue weighted by atomic mass is 16.5. The maximum atomic E-state index is 14.1. The summed E-state index contributed by atoms with van der Waals surface area (Å²) < 4.78 is 7.25. The van der Waals surface area contributed by atoms with Gasteiger partial charge in [-0.2, -0.15) is 10.4 Å². The number of nitrogens with zero attached hydrogens (tertiary/aromatic N) is 5. The largest absolute Gasteiger partial charge is 0.507 e. The van der Waals surface area contributed by atoms with Crippen molar-refractivity contribution in [3.05, 3.63) is 101 Å². The molecule has 14 heteroatoms. The molecule has 4 N–H and O–H groups in total. The molecule has 5 amide bonds. The molecule has 3 aromatic carbocycles. The molecular weight excluding hydrogens is 676 g/mol. The highest BCUT2D eigenvalue weighted by Crippen LogP contribution is 2.31. The van der Waals surface area contributed by atoms with Gasteiger partial charge in [0.15, 0.2) is 0 Å². The standard InChI is InChI=1S/C39H38N8O6/c1-26-8-15-33(48)31(22-26)35-29(23-46(44-35)18-5-16-40)12-9-27-10-13-30(14-11-27)42-37(50)32-25-53-21-20-47(32)38(51)36(28-6-3-2-4-7-28)43-39(52)45-19-17-41-34(49)24-45/h2-4,6-8,10-11,13-15,22-23,32,36,48H,5,17-21,24-25H2,1H3,(H,41,49)(H,42,50)(H,43,52)/t32-,36+/m0/s1. The number of phenolic OH excluding ortho intramolecular Hbond substituents is 1. The first-order valence-electron chi connectivity index (χ1n) is 17.1. The monoisotopic (exact) mass is 714 g/mol. The molecule has 2 saturated heterocycles. The average Bonchev–Trinajstić information content (AvgIpc) is 3.59. The quantitative estimate of drug-likeness (QED) is 0.201. The number of benzene rings is 3. The Morgan fingerprint density at radius 3 is 2.62 bits per heavy atom. The summed E-state index contributed by atoms with van der Waals surface area (Å²) in [5, 5.41) is 32.5. The number of urea groups is 1. The zero-order valence-corrected chi connectivity index (χ0v) is 29.0. The molecule has 0 spiro atoms. The van der Waals surface area contributed by atoms with E-state index in [0.717, 1.165) is 5.56 Å². The van der Waals surface area contributed by atoms with Crippen LogP contribution in [0.25, 0.3) is 11.3 Å². The van der Waals surface area contributed by atoms with Gasteiger partial charge in [0.05, 0.1) is 37.8 Å². The predicted octanol–water partition coefficient (Wildman–Crippen LogP) is 2.93. The summed E-state index contributed by atoms with van der Waals surface area (Å²) in [5.74, 6) is 5.09. The van der Waals surface area contributed by atoms with Crippen LogP contribution >= 0.6 is 0 Å². The Balaban J connectivity index is 1.17. The van der Waals surface area contributed by atoms with Crippen molar-refractivity contribution in [3.8, 4) is 34.9 Å². The number of phenols is 1. The van der Waals surface area contributed by atoms with E-state index in [1.807, 2.05) is 13.0 Å². The van der Waals surface area contributed by atoms with Crippen molar-refractivity contribution >= 4 is 29.4 Å². The lowest BCUT2D eigenvalue weighted by molar-refractivity contribution is -0.148. The van der Waals surface area contributed by atoms with E-state index in [9.17, 15) is 24.3 Å². The number of ether oxygens (including phenoxy) is 1. The molecule has 0 radical (unpaired) electrons. The van der Waals surface area contributed by atoms with Crippen LogP contribution in [0.4, 0.5) is 10.5 Å². The molecule has 0 bridgehead atoms. The Labute approximate surface area is 306 Å². The van der Waals surface area contributed by atoms with Gasteiger partial charge in [0.1, 0.15) is 30.1 Å². The lowest BCUT2D eigenvalue weighted by atomic mass is 10.0. The molecule has 270 valence electrons. The molecule has 2 fully saturated rings. The number of carbonyl (C=O) groups excluding carboxylic acids is 4. The van der Waals surface area contributed by atoms with Crippen molar-refractivity contribution in [2.24, 2.45) is 0 Å². The molecule has 3 heterocycles. The van der Waals surface area contributed by atoms with Gasteiger partial charge in [-0.25, -0.2) is 4.79 Å². The zero-order valence-electron chi connectivity index (χ0n) is 29.0.